The van der Waals surface area contributed by atoms with Crippen LogP contribution in [-0.4, -0.2) is 24.1 Å². The van der Waals surface area contributed by atoms with E-state index in [0.29, 0.717) is 23.7 Å². The van der Waals surface area contributed by atoms with E-state index in [1.54, 1.807) is 12.1 Å². The zero-order valence-corrected chi connectivity index (χ0v) is 13.8. The third kappa shape index (κ3) is 4.98. The maximum absolute atomic E-state index is 11.1. The molecule has 0 heterocycles. The summed E-state index contributed by atoms with van der Waals surface area (Å²) in [7, 11) is 0. The zero-order valence-electron chi connectivity index (χ0n) is 13.1. The van der Waals surface area contributed by atoms with Crippen LogP contribution in [0.4, 0.5) is 5.69 Å². The van der Waals surface area contributed by atoms with E-state index < -0.39 is 6.10 Å². The van der Waals surface area contributed by atoms with Crippen molar-refractivity contribution in [2.45, 2.75) is 19.4 Å². The predicted octanol–water partition coefficient (Wildman–Crippen LogP) is 3.06. The second kappa shape index (κ2) is 7.99. The molecule has 1 atom stereocenters. The second-order valence-electron chi connectivity index (χ2n) is 5.54. The SMILES string of the molecule is Cc1cccc(N(CCC(N)=O)CC(O)c2ccccc2Cl)c1. The molecule has 1 unspecified atom stereocenters. The Morgan fingerprint density at radius 2 is 2.00 bits per heavy atom. The zero-order chi connectivity index (χ0) is 16.8. The number of nitrogens with two attached hydrogens (primary N) is 1. The number of nitrogens with zero attached hydrogens (tertiary/aromatic N) is 1. The van der Waals surface area contributed by atoms with Crippen LogP contribution >= 0.6 is 11.6 Å². The third-order valence-corrected chi connectivity index (χ3v) is 4.00. The number of aliphatic hydroxyl groups is 1. The predicted molar refractivity (Wildman–Crippen MR) is 93.6 cm³/mol. The Hall–Kier alpha value is -2.04. The van der Waals surface area contributed by atoms with E-state index in [2.05, 4.69) is 0 Å². The number of amides is 1. The van der Waals surface area contributed by atoms with Gasteiger partial charge in [0.1, 0.15) is 0 Å². The topological polar surface area (TPSA) is 66.6 Å². The largest absolute Gasteiger partial charge is 0.387 e. The molecule has 0 aliphatic heterocycles. The highest BCUT2D eigenvalue weighted by molar-refractivity contribution is 6.31. The van der Waals surface area contributed by atoms with Gasteiger partial charge in [-0.3, -0.25) is 4.79 Å². The number of hydrogen-bond donors (Lipinski definition) is 2. The van der Waals surface area contributed by atoms with E-state index >= 15 is 0 Å². The van der Waals surface area contributed by atoms with Gasteiger partial charge >= 0.3 is 0 Å². The number of carbonyl (C=O) groups is 1. The molecule has 0 bridgehead atoms. The average molecular weight is 333 g/mol. The Bertz CT molecular complexity index is 676. The van der Waals surface area contributed by atoms with Gasteiger partial charge in [0.2, 0.25) is 5.91 Å². The van der Waals surface area contributed by atoms with E-state index in [9.17, 15) is 9.90 Å². The van der Waals surface area contributed by atoms with Crippen LogP contribution in [0.1, 0.15) is 23.7 Å². The smallest absolute Gasteiger partial charge is 0.219 e. The molecule has 5 heteroatoms. The lowest BCUT2D eigenvalue weighted by Gasteiger charge is -2.27. The minimum Gasteiger partial charge on any atom is -0.387 e. The number of aliphatic hydroxyl groups excluding tert-OH is 1. The maximum Gasteiger partial charge on any atom is 0.219 e. The molecule has 0 saturated carbocycles. The number of primary amides is 1. The van der Waals surface area contributed by atoms with Crippen molar-refractivity contribution < 1.29 is 9.90 Å². The summed E-state index contributed by atoms with van der Waals surface area (Å²) < 4.78 is 0. The minimum atomic E-state index is -0.753. The molecule has 2 rings (SSSR count). The first-order valence-corrected chi connectivity index (χ1v) is 7.87. The quantitative estimate of drug-likeness (QED) is 0.819. The number of rotatable bonds is 7. The van der Waals surface area contributed by atoms with Crippen molar-refractivity contribution in [2.75, 3.05) is 18.0 Å². The summed E-state index contributed by atoms with van der Waals surface area (Å²) in [6.07, 6.45) is -0.527. The summed E-state index contributed by atoms with van der Waals surface area (Å²) in [6.45, 7) is 2.78. The molecule has 4 nitrogen and oxygen atoms in total. The first kappa shape index (κ1) is 17.3. The molecule has 0 aliphatic carbocycles. The fraction of sp³-hybridized carbons (Fsp3) is 0.278. The van der Waals surface area contributed by atoms with Crippen LogP contribution in [0.5, 0.6) is 0 Å². The normalized spacial score (nSPS) is 12.0. The number of hydrogen-bond acceptors (Lipinski definition) is 3. The summed E-state index contributed by atoms with van der Waals surface area (Å²) in [5, 5.41) is 11.1. The number of benzene rings is 2. The Labute approximate surface area is 141 Å². The Balaban J connectivity index is 2.20. The van der Waals surface area contributed by atoms with E-state index in [0.717, 1.165) is 11.3 Å². The highest BCUT2D eigenvalue weighted by atomic mass is 35.5. The van der Waals surface area contributed by atoms with Crippen molar-refractivity contribution in [3.05, 3.63) is 64.7 Å². The van der Waals surface area contributed by atoms with E-state index in [1.807, 2.05) is 48.2 Å². The van der Waals surface area contributed by atoms with Crippen LogP contribution < -0.4 is 10.6 Å². The highest BCUT2D eigenvalue weighted by Gasteiger charge is 2.17. The molecule has 1 amide bonds. The van der Waals surface area contributed by atoms with Gasteiger partial charge in [-0.2, -0.15) is 0 Å². The van der Waals surface area contributed by atoms with Crippen LogP contribution in [0, 0.1) is 6.92 Å². The first-order valence-electron chi connectivity index (χ1n) is 7.50. The summed E-state index contributed by atoms with van der Waals surface area (Å²) >= 11 is 6.15. The molecule has 0 aromatic heterocycles. The number of anilines is 1. The molecule has 0 aliphatic rings. The molecule has 2 aromatic carbocycles. The lowest BCUT2D eigenvalue weighted by molar-refractivity contribution is -0.117. The molecule has 0 spiro atoms. The molecule has 0 radical (unpaired) electrons. The van der Waals surface area contributed by atoms with Crippen molar-refractivity contribution in [1.82, 2.24) is 0 Å². The van der Waals surface area contributed by atoms with Crippen molar-refractivity contribution in [3.63, 3.8) is 0 Å². The van der Waals surface area contributed by atoms with Gasteiger partial charge in [0.05, 0.1) is 6.10 Å². The Morgan fingerprint density at radius 3 is 2.65 bits per heavy atom. The molecule has 2 aromatic rings. The molecule has 3 N–H and O–H groups in total. The van der Waals surface area contributed by atoms with Gasteiger partial charge in [-0.25, -0.2) is 0 Å². The summed E-state index contributed by atoms with van der Waals surface area (Å²) in [5.74, 6) is -0.366. The lowest BCUT2D eigenvalue weighted by atomic mass is 10.1. The lowest BCUT2D eigenvalue weighted by Crippen LogP contribution is -2.32. The molecular weight excluding hydrogens is 312 g/mol. The number of aryl methyl sites for hydroxylation is 1. The van der Waals surface area contributed by atoms with Gasteiger partial charge in [0.25, 0.3) is 0 Å². The van der Waals surface area contributed by atoms with Gasteiger partial charge in [-0.1, -0.05) is 41.9 Å². The van der Waals surface area contributed by atoms with Gasteiger partial charge in [0, 0.05) is 35.8 Å². The number of halogens is 1. The molecule has 23 heavy (non-hydrogen) atoms. The van der Waals surface area contributed by atoms with E-state index in [-0.39, 0.29) is 12.3 Å². The average Bonchev–Trinajstić information content (AvgIpc) is 2.51. The van der Waals surface area contributed by atoms with Gasteiger partial charge in [0.15, 0.2) is 0 Å². The van der Waals surface area contributed by atoms with Crippen LogP contribution in [0.25, 0.3) is 0 Å². The fourth-order valence-electron chi connectivity index (χ4n) is 2.45. The van der Waals surface area contributed by atoms with Gasteiger partial charge in [-0.05, 0) is 30.7 Å². The molecular formula is C18H21ClN2O2. The standard InChI is InChI=1S/C18H21ClN2O2/c1-13-5-4-6-14(11-13)21(10-9-18(20)23)12-17(22)15-7-2-3-8-16(15)19/h2-8,11,17,22H,9-10,12H2,1H3,(H2,20,23). The van der Waals surface area contributed by atoms with Crippen LogP contribution in [0.15, 0.2) is 48.5 Å². The van der Waals surface area contributed by atoms with E-state index in [4.69, 9.17) is 17.3 Å². The fourth-order valence-corrected chi connectivity index (χ4v) is 2.71. The van der Waals surface area contributed by atoms with Crippen LogP contribution in [0.3, 0.4) is 0 Å². The van der Waals surface area contributed by atoms with Crippen LogP contribution in [-0.2, 0) is 4.79 Å². The van der Waals surface area contributed by atoms with Crippen molar-refractivity contribution in [1.29, 1.82) is 0 Å². The van der Waals surface area contributed by atoms with Gasteiger partial charge < -0.3 is 15.7 Å². The number of carbonyl (C=O) groups excluding carboxylic acids is 1. The summed E-state index contributed by atoms with van der Waals surface area (Å²) in [6, 6.07) is 15.1. The maximum atomic E-state index is 11.1. The van der Waals surface area contributed by atoms with E-state index in [1.165, 1.54) is 0 Å². The Kier molecular flexibility index (Phi) is 6.02. The summed E-state index contributed by atoms with van der Waals surface area (Å²) in [5.41, 5.74) is 7.99. The monoisotopic (exact) mass is 332 g/mol. The molecule has 122 valence electrons. The second-order valence-corrected chi connectivity index (χ2v) is 5.95. The van der Waals surface area contributed by atoms with Crippen molar-refractivity contribution in [2.24, 2.45) is 5.73 Å². The Morgan fingerprint density at radius 1 is 1.26 bits per heavy atom. The molecule has 0 fully saturated rings. The third-order valence-electron chi connectivity index (χ3n) is 3.65. The van der Waals surface area contributed by atoms with Gasteiger partial charge in [-0.15, -0.1) is 0 Å². The minimum absolute atomic E-state index is 0.225. The summed E-state index contributed by atoms with van der Waals surface area (Å²) in [4.78, 5) is 13.1. The molecule has 0 saturated heterocycles. The van der Waals surface area contributed by atoms with Crippen molar-refractivity contribution >= 4 is 23.2 Å². The highest BCUT2D eigenvalue weighted by Crippen LogP contribution is 2.25. The van der Waals surface area contributed by atoms with Crippen LogP contribution in [0.2, 0.25) is 5.02 Å². The first-order chi connectivity index (χ1) is 11.0. The van der Waals surface area contributed by atoms with Crippen molar-refractivity contribution in [3.8, 4) is 0 Å².